The van der Waals surface area contributed by atoms with Gasteiger partial charge >= 0.3 is 0 Å². The number of nitrogens with one attached hydrogen (secondary N) is 2. The molecule has 1 heterocycles. The first kappa shape index (κ1) is 22.7. The summed E-state index contributed by atoms with van der Waals surface area (Å²) in [7, 11) is 0. The molecule has 0 amide bonds. The Morgan fingerprint density at radius 2 is 2.08 bits per heavy atom. The van der Waals surface area contributed by atoms with Crippen LogP contribution in [-0.4, -0.2) is 46.1 Å². The smallest absolute Gasteiger partial charge is 0.191 e. The second-order valence-electron chi connectivity index (χ2n) is 5.26. The van der Waals surface area contributed by atoms with Crippen molar-refractivity contribution in [3.63, 3.8) is 0 Å². The van der Waals surface area contributed by atoms with Gasteiger partial charge in [-0.2, -0.15) is 0 Å². The molecule has 0 aliphatic rings. The Balaban J connectivity index is 0.00000338. The quantitative estimate of drug-likeness (QED) is 0.185. The van der Waals surface area contributed by atoms with Gasteiger partial charge in [-0.15, -0.1) is 45.9 Å². The summed E-state index contributed by atoms with van der Waals surface area (Å²) >= 11 is 1.49. The highest BCUT2D eigenvalue weighted by molar-refractivity contribution is 14.0. The molecule has 0 radical (unpaired) electrons. The number of hydrogen-bond donors (Lipinski definition) is 2. The zero-order chi connectivity index (χ0) is 17.9. The van der Waals surface area contributed by atoms with E-state index in [0.717, 1.165) is 37.0 Å². The molecule has 0 aliphatic carbocycles. The number of thioether (sulfide) groups is 1. The van der Waals surface area contributed by atoms with Crippen molar-refractivity contribution in [2.45, 2.75) is 31.7 Å². The van der Waals surface area contributed by atoms with Gasteiger partial charge in [0.1, 0.15) is 18.0 Å². The van der Waals surface area contributed by atoms with Gasteiger partial charge in [-0.05, 0) is 19.1 Å². The van der Waals surface area contributed by atoms with E-state index in [2.05, 4.69) is 32.7 Å². The van der Waals surface area contributed by atoms with Crippen molar-refractivity contribution in [1.82, 2.24) is 25.4 Å². The summed E-state index contributed by atoms with van der Waals surface area (Å²) < 4.78 is 15.6. The second-order valence-corrected chi connectivity index (χ2v) is 6.40. The van der Waals surface area contributed by atoms with Crippen LogP contribution >= 0.6 is 35.7 Å². The number of halogens is 2. The highest BCUT2D eigenvalue weighted by Gasteiger charge is 2.03. The van der Waals surface area contributed by atoms with Crippen molar-refractivity contribution in [3.8, 4) is 0 Å². The zero-order valence-electron chi connectivity index (χ0n) is 15.1. The van der Waals surface area contributed by atoms with Gasteiger partial charge in [0.2, 0.25) is 0 Å². The third-order valence-electron chi connectivity index (χ3n) is 3.46. The topological polar surface area (TPSA) is 67.1 Å². The van der Waals surface area contributed by atoms with Gasteiger partial charge in [-0.1, -0.05) is 19.1 Å². The van der Waals surface area contributed by atoms with E-state index in [-0.39, 0.29) is 29.8 Å². The summed E-state index contributed by atoms with van der Waals surface area (Å²) in [5.41, 5.74) is 0. The number of aryl methyl sites for hydroxylation is 1. The number of rotatable bonds is 9. The van der Waals surface area contributed by atoms with Gasteiger partial charge in [0.15, 0.2) is 5.96 Å². The first-order valence-electron chi connectivity index (χ1n) is 8.50. The molecular weight excluding hydrogens is 466 g/mol. The van der Waals surface area contributed by atoms with Gasteiger partial charge in [0.25, 0.3) is 0 Å². The normalized spacial score (nSPS) is 11.1. The third-order valence-corrected chi connectivity index (χ3v) is 4.51. The third kappa shape index (κ3) is 7.48. The number of aliphatic imine (C=N–C) groups is 1. The molecule has 144 valence electrons. The number of aromatic nitrogens is 3. The molecule has 2 aromatic rings. The molecule has 0 unspecified atom stereocenters. The van der Waals surface area contributed by atoms with E-state index < -0.39 is 0 Å². The number of hydrogen-bond acceptors (Lipinski definition) is 4. The lowest BCUT2D eigenvalue weighted by Crippen LogP contribution is -2.38. The molecule has 1 aromatic heterocycles. The van der Waals surface area contributed by atoms with Crippen LogP contribution in [0, 0.1) is 5.82 Å². The molecule has 26 heavy (non-hydrogen) atoms. The minimum atomic E-state index is -0.172. The van der Waals surface area contributed by atoms with Gasteiger partial charge in [-0.3, -0.25) is 4.99 Å². The van der Waals surface area contributed by atoms with E-state index in [1.807, 2.05) is 17.6 Å². The predicted octanol–water partition coefficient (Wildman–Crippen LogP) is 2.95. The van der Waals surface area contributed by atoms with Crippen LogP contribution in [0.25, 0.3) is 0 Å². The van der Waals surface area contributed by atoms with Gasteiger partial charge in [-0.25, -0.2) is 4.39 Å². The maximum absolute atomic E-state index is 13.6. The SMILES string of the molecule is CCNC(=NCCn1cnnc1CC)NCCSc1ccccc1F.I. The first-order valence-corrected chi connectivity index (χ1v) is 9.49. The van der Waals surface area contributed by atoms with Crippen LogP contribution < -0.4 is 10.6 Å². The van der Waals surface area contributed by atoms with Gasteiger partial charge in [0, 0.05) is 36.7 Å². The predicted molar refractivity (Wildman–Crippen MR) is 116 cm³/mol. The van der Waals surface area contributed by atoms with E-state index >= 15 is 0 Å². The highest BCUT2D eigenvalue weighted by atomic mass is 127. The molecule has 0 fully saturated rings. The lowest BCUT2D eigenvalue weighted by molar-refractivity contribution is 0.602. The Kier molecular flexibility index (Phi) is 11.3. The van der Waals surface area contributed by atoms with Gasteiger partial charge < -0.3 is 15.2 Å². The van der Waals surface area contributed by atoms with Crippen molar-refractivity contribution < 1.29 is 4.39 Å². The molecular formula is C17H26FIN6S. The van der Waals surface area contributed by atoms with Crippen molar-refractivity contribution in [2.24, 2.45) is 4.99 Å². The summed E-state index contributed by atoms with van der Waals surface area (Å²) in [6, 6.07) is 6.83. The summed E-state index contributed by atoms with van der Waals surface area (Å²) in [4.78, 5) is 5.23. The maximum Gasteiger partial charge on any atom is 0.191 e. The molecule has 2 rings (SSSR count). The van der Waals surface area contributed by atoms with Gasteiger partial charge in [0.05, 0.1) is 6.54 Å². The van der Waals surface area contributed by atoms with Crippen molar-refractivity contribution >= 4 is 41.7 Å². The molecule has 0 aliphatic heterocycles. The maximum atomic E-state index is 13.6. The standard InChI is InChI=1S/C17H25FN6S.HI/c1-3-16-23-22-13-24(16)11-9-20-17(19-4-2)21-10-12-25-15-8-6-5-7-14(15)18;/h5-8,13H,3-4,9-12H2,1-2H3,(H2,19,20,21);1H. The Labute approximate surface area is 175 Å². The second kappa shape index (κ2) is 12.9. The molecule has 2 N–H and O–H groups in total. The van der Waals surface area contributed by atoms with Crippen LogP contribution in [0.2, 0.25) is 0 Å². The average Bonchev–Trinajstić information content (AvgIpc) is 3.07. The van der Waals surface area contributed by atoms with E-state index in [0.29, 0.717) is 18.0 Å². The lowest BCUT2D eigenvalue weighted by atomic mass is 10.3. The number of guanidine groups is 1. The Bertz CT molecular complexity index is 679. The molecule has 0 saturated carbocycles. The molecule has 1 aromatic carbocycles. The Hall–Kier alpha value is -1.36. The van der Waals surface area contributed by atoms with Crippen LogP contribution in [0.4, 0.5) is 4.39 Å². The number of nitrogens with zero attached hydrogens (tertiary/aromatic N) is 4. The average molecular weight is 492 g/mol. The highest BCUT2D eigenvalue weighted by Crippen LogP contribution is 2.20. The monoisotopic (exact) mass is 492 g/mol. The fraction of sp³-hybridized carbons (Fsp3) is 0.471. The largest absolute Gasteiger partial charge is 0.357 e. The minimum Gasteiger partial charge on any atom is -0.357 e. The van der Waals surface area contributed by atoms with E-state index in [1.54, 1.807) is 18.5 Å². The lowest BCUT2D eigenvalue weighted by Gasteiger charge is -2.11. The molecule has 0 bridgehead atoms. The van der Waals surface area contributed by atoms with Crippen molar-refractivity contribution in [3.05, 3.63) is 42.2 Å². The van der Waals surface area contributed by atoms with Crippen LogP contribution in [0.3, 0.4) is 0 Å². The number of benzene rings is 1. The zero-order valence-corrected chi connectivity index (χ0v) is 18.3. The van der Waals surface area contributed by atoms with Crippen LogP contribution in [0.15, 0.2) is 40.5 Å². The molecule has 0 saturated heterocycles. The summed E-state index contributed by atoms with van der Waals surface area (Å²) in [5, 5.41) is 14.5. The fourth-order valence-corrected chi connectivity index (χ4v) is 3.05. The first-order chi connectivity index (χ1) is 12.2. The molecule has 6 nitrogen and oxygen atoms in total. The molecule has 9 heteroatoms. The van der Waals surface area contributed by atoms with E-state index in [4.69, 9.17) is 0 Å². The summed E-state index contributed by atoms with van der Waals surface area (Å²) in [5.74, 6) is 2.32. The van der Waals surface area contributed by atoms with E-state index in [1.165, 1.54) is 17.8 Å². The Morgan fingerprint density at radius 1 is 1.27 bits per heavy atom. The van der Waals surface area contributed by atoms with Crippen LogP contribution in [0.1, 0.15) is 19.7 Å². The Morgan fingerprint density at radius 3 is 2.81 bits per heavy atom. The van der Waals surface area contributed by atoms with Crippen molar-refractivity contribution in [2.75, 3.05) is 25.4 Å². The molecule has 0 atom stereocenters. The minimum absolute atomic E-state index is 0. The fourth-order valence-electron chi connectivity index (χ4n) is 2.24. The summed E-state index contributed by atoms with van der Waals surface area (Å²) in [6.45, 7) is 6.97. The van der Waals surface area contributed by atoms with Crippen LogP contribution in [-0.2, 0) is 13.0 Å². The molecule has 0 spiro atoms. The van der Waals surface area contributed by atoms with Crippen LogP contribution in [0.5, 0.6) is 0 Å². The summed E-state index contributed by atoms with van der Waals surface area (Å²) in [6.07, 6.45) is 2.59. The van der Waals surface area contributed by atoms with E-state index in [9.17, 15) is 4.39 Å². The van der Waals surface area contributed by atoms with Crippen molar-refractivity contribution in [1.29, 1.82) is 0 Å².